The zero-order valence-corrected chi connectivity index (χ0v) is 10.4. The molecule has 0 saturated carbocycles. The van der Waals surface area contributed by atoms with Crippen molar-refractivity contribution in [2.45, 2.75) is 37.1 Å². The highest BCUT2D eigenvalue weighted by atomic mass is 32.1. The average molecular weight is 235 g/mol. The van der Waals surface area contributed by atoms with Crippen molar-refractivity contribution in [3.63, 3.8) is 0 Å². The van der Waals surface area contributed by atoms with Crippen LogP contribution in [0, 0.1) is 0 Å². The Hall–Kier alpha value is -0.960. The van der Waals surface area contributed by atoms with Gasteiger partial charge in [-0.2, -0.15) is 0 Å². The van der Waals surface area contributed by atoms with E-state index >= 15 is 0 Å². The fourth-order valence-corrected chi connectivity index (χ4v) is 2.45. The van der Waals surface area contributed by atoms with Gasteiger partial charge in [0, 0.05) is 23.0 Å². The van der Waals surface area contributed by atoms with Crippen LogP contribution in [0.1, 0.15) is 36.5 Å². The molecule has 1 saturated heterocycles. The first-order valence-corrected chi connectivity index (χ1v) is 6.27. The molecule has 1 aromatic rings. The second kappa shape index (κ2) is 4.91. The summed E-state index contributed by atoms with van der Waals surface area (Å²) in [5.74, 6) is 0.165. The molecular formula is C13H17NOS. The number of likely N-dealkylation sites (tertiary alicyclic amines) is 1. The SMILES string of the molecule is CCC1CCCN1C(=O)c1ccc(S)cc1. The Bertz CT molecular complexity index is 374. The summed E-state index contributed by atoms with van der Waals surface area (Å²) in [6.07, 6.45) is 3.33. The number of carbonyl (C=O) groups is 1. The molecule has 0 aromatic heterocycles. The van der Waals surface area contributed by atoms with Gasteiger partial charge >= 0.3 is 0 Å². The van der Waals surface area contributed by atoms with Gasteiger partial charge in [-0.3, -0.25) is 4.79 Å². The van der Waals surface area contributed by atoms with E-state index < -0.39 is 0 Å². The molecule has 2 rings (SSSR count). The van der Waals surface area contributed by atoms with E-state index in [4.69, 9.17) is 0 Å². The number of thiol groups is 1. The quantitative estimate of drug-likeness (QED) is 0.781. The van der Waals surface area contributed by atoms with Crippen molar-refractivity contribution in [3.05, 3.63) is 29.8 Å². The number of hydrogen-bond acceptors (Lipinski definition) is 2. The Labute approximate surface area is 102 Å². The third kappa shape index (κ3) is 2.24. The molecule has 1 heterocycles. The van der Waals surface area contributed by atoms with Crippen molar-refractivity contribution in [3.8, 4) is 0 Å². The van der Waals surface area contributed by atoms with Crippen molar-refractivity contribution in [1.29, 1.82) is 0 Å². The van der Waals surface area contributed by atoms with Gasteiger partial charge in [0.2, 0.25) is 0 Å². The van der Waals surface area contributed by atoms with E-state index in [1.165, 1.54) is 0 Å². The van der Waals surface area contributed by atoms with Crippen LogP contribution in [0.5, 0.6) is 0 Å². The molecule has 0 spiro atoms. The third-order valence-electron chi connectivity index (χ3n) is 3.22. The molecule has 3 heteroatoms. The number of amides is 1. The van der Waals surface area contributed by atoms with E-state index in [-0.39, 0.29) is 5.91 Å². The van der Waals surface area contributed by atoms with Crippen molar-refractivity contribution >= 4 is 18.5 Å². The summed E-state index contributed by atoms with van der Waals surface area (Å²) in [4.78, 5) is 15.1. The summed E-state index contributed by atoms with van der Waals surface area (Å²) in [6.45, 7) is 3.05. The molecule has 1 aliphatic rings. The summed E-state index contributed by atoms with van der Waals surface area (Å²) in [5, 5.41) is 0. The van der Waals surface area contributed by atoms with E-state index in [9.17, 15) is 4.79 Å². The molecule has 86 valence electrons. The second-order valence-corrected chi connectivity index (χ2v) is 4.77. The van der Waals surface area contributed by atoms with E-state index in [0.717, 1.165) is 36.3 Å². The first-order chi connectivity index (χ1) is 7.72. The summed E-state index contributed by atoms with van der Waals surface area (Å²) in [6, 6.07) is 7.88. The van der Waals surface area contributed by atoms with Crippen molar-refractivity contribution in [2.75, 3.05) is 6.54 Å². The monoisotopic (exact) mass is 235 g/mol. The highest BCUT2D eigenvalue weighted by molar-refractivity contribution is 7.80. The fourth-order valence-electron chi connectivity index (χ4n) is 2.30. The Morgan fingerprint density at radius 3 is 2.75 bits per heavy atom. The highest BCUT2D eigenvalue weighted by Crippen LogP contribution is 2.22. The third-order valence-corrected chi connectivity index (χ3v) is 3.52. The minimum absolute atomic E-state index is 0.165. The van der Waals surface area contributed by atoms with Gasteiger partial charge in [0.25, 0.3) is 5.91 Å². The van der Waals surface area contributed by atoms with Crippen molar-refractivity contribution in [1.82, 2.24) is 4.90 Å². The summed E-state index contributed by atoms with van der Waals surface area (Å²) < 4.78 is 0. The first kappa shape index (κ1) is 11.5. The molecule has 1 amide bonds. The van der Waals surface area contributed by atoms with Crippen molar-refractivity contribution < 1.29 is 4.79 Å². The Morgan fingerprint density at radius 1 is 1.44 bits per heavy atom. The lowest BCUT2D eigenvalue weighted by molar-refractivity contribution is 0.0733. The molecule has 0 N–H and O–H groups in total. The maximum atomic E-state index is 12.2. The maximum absolute atomic E-state index is 12.2. The van der Waals surface area contributed by atoms with E-state index in [2.05, 4.69) is 19.6 Å². The Balaban J connectivity index is 2.15. The molecule has 2 nitrogen and oxygen atoms in total. The normalized spacial score (nSPS) is 20.1. The number of hydrogen-bond donors (Lipinski definition) is 1. The second-order valence-electron chi connectivity index (χ2n) is 4.25. The molecule has 0 radical (unpaired) electrons. The van der Waals surface area contributed by atoms with Gasteiger partial charge in [0.15, 0.2) is 0 Å². The lowest BCUT2D eigenvalue weighted by Gasteiger charge is -2.23. The number of benzene rings is 1. The molecule has 1 fully saturated rings. The minimum Gasteiger partial charge on any atom is -0.336 e. The van der Waals surface area contributed by atoms with Gasteiger partial charge in [-0.25, -0.2) is 0 Å². The summed E-state index contributed by atoms with van der Waals surface area (Å²) in [5.41, 5.74) is 0.776. The molecule has 1 aliphatic heterocycles. The van der Waals surface area contributed by atoms with E-state index in [1.54, 1.807) is 0 Å². The van der Waals surface area contributed by atoms with E-state index in [1.807, 2.05) is 29.2 Å². The van der Waals surface area contributed by atoms with Crippen LogP contribution in [0.25, 0.3) is 0 Å². The predicted molar refractivity (Wildman–Crippen MR) is 68.0 cm³/mol. The van der Waals surface area contributed by atoms with E-state index in [0.29, 0.717) is 6.04 Å². The Kier molecular flexibility index (Phi) is 3.54. The van der Waals surface area contributed by atoms with Gasteiger partial charge in [0.05, 0.1) is 0 Å². The standard InChI is InChI=1S/C13H17NOS/c1-2-11-4-3-9-14(11)13(15)10-5-7-12(16)8-6-10/h5-8,11,16H,2-4,9H2,1H3. The molecule has 1 unspecified atom stereocenters. The fraction of sp³-hybridized carbons (Fsp3) is 0.462. The van der Waals surface area contributed by atoms with Gasteiger partial charge in [-0.15, -0.1) is 12.6 Å². The molecule has 0 bridgehead atoms. The van der Waals surface area contributed by atoms with Crippen LogP contribution in [0.15, 0.2) is 29.2 Å². The van der Waals surface area contributed by atoms with Gasteiger partial charge in [0.1, 0.15) is 0 Å². The van der Waals surface area contributed by atoms with Gasteiger partial charge < -0.3 is 4.90 Å². The van der Waals surface area contributed by atoms with Crippen LogP contribution >= 0.6 is 12.6 Å². The van der Waals surface area contributed by atoms with Crippen LogP contribution in [0.4, 0.5) is 0 Å². The van der Waals surface area contributed by atoms with Crippen LogP contribution in [0.3, 0.4) is 0 Å². The van der Waals surface area contributed by atoms with Crippen molar-refractivity contribution in [2.24, 2.45) is 0 Å². The predicted octanol–water partition coefficient (Wildman–Crippen LogP) is 2.99. The lowest BCUT2D eigenvalue weighted by Crippen LogP contribution is -2.35. The van der Waals surface area contributed by atoms with Gasteiger partial charge in [-0.1, -0.05) is 6.92 Å². The Morgan fingerprint density at radius 2 is 2.12 bits per heavy atom. The summed E-state index contributed by atoms with van der Waals surface area (Å²) >= 11 is 4.22. The number of nitrogens with zero attached hydrogens (tertiary/aromatic N) is 1. The maximum Gasteiger partial charge on any atom is 0.254 e. The number of rotatable bonds is 2. The lowest BCUT2D eigenvalue weighted by atomic mass is 10.1. The molecule has 1 atom stereocenters. The minimum atomic E-state index is 0.165. The van der Waals surface area contributed by atoms with Crippen LogP contribution in [-0.2, 0) is 0 Å². The van der Waals surface area contributed by atoms with Crippen LogP contribution < -0.4 is 0 Å². The van der Waals surface area contributed by atoms with Crippen LogP contribution in [0.2, 0.25) is 0 Å². The van der Waals surface area contributed by atoms with Gasteiger partial charge in [-0.05, 0) is 43.5 Å². The number of carbonyl (C=O) groups excluding carboxylic acids is 1. The first-order valence-electron chi connectivity index (χ1n) is 5.82. The topological polar surface area (TPSA) is 20.3 Å². The average Bonchev–Trinajstić information content (AvgIpc) is 2.77. The zero-order chi connectivity index (χ0) is 11.5. The molecule has 1 aromatic carbocycles. The molecule has 16 heavy (non-hydrogen) atoms. The molecular weight excluding hydrogens is 218 g/mol. The molecule has 0 aliphatic carbocycles. The smallest absolute Gasteiger partial charge is 0.254 e. The van der Waals surface area contributed by atoms with Crippen LogP contribution in [-0.4, -0.2) is 23.4 Å². The largest absolute Gasteiger partial charge is 0.336 e. The highest BCUT2D eigenvalue weighted by Gasteiger charge is 2.27. The zero-order valence-electron chi connectivity index (χ0n) is 9.52. The summed E-state index contributed by atoms with van der Waals surface area (Å²) in [7, 11) is 0.